The normalized spacial score (nSPS) is 21.4. The number of ketones is 1. The molecule has 2 aromatic carbocycles. The molecular formula is C27H30N2O5. The van der Waals surface area contributed by atoms with Crippen molar-refractivity contribution in [1.82, 2.24) is 4.90 Å². The molecule has 0 saturated carbocycles. The second-order valence-electron chi connectivity index (χ2n) is 9.77. The number of carbonyl (C=O) groups excluding carboxylic acids is 3. The molecule has 7 nitrogen and oxygen atoms in total. The molecule has 0 radical (unpaired) electrons. The van der Waals surface area contributed by atoms with Crippen LogP contribution in [0.4, 0.5) is 5.69 Å². The van der Waals surface area contributed by atoms with E-state index < -0.39 is 5.60 Å². The summed E-state index contributed by atoms with van der Waals surface area (Å²) in [5.74, 6) is 1.12. The zero-order valence-corrected chi connectivity index (χ0v) is 19.9. The smallest absolute Gasteiger partial charge is 0.228 e. The summed E-state index contributed by atoms with van der Waals surface area (Å²) < 4.78 is 11.6. The summed E-state index contributed by atoms with van der Waals surface area (Å²) in [6.07, 6.45) is 1.78. The van der Waals surface area contributed by atoms with Crippen LogP contribution < -0.4 is 14.4 Å². The number of piperidine rings is 1. The third-order valence-electron chi connectivity index (χ3n) is 7.38. The fourth-order valence-corrected chi connectivity index (χ4v) is 5.57. The number of methoxy groups -OCH3 is 1. The minimum Gasteiger partial charge on any atom is -0.497 e. The van der Waals surface area contributed by atoms with Crippen molar-refractivity contribution in [3.63, 3.8) is 0 Å². The first-order chi connectivity index (χ1) is 16.3. The summed E-state index contributed by atoms with van der Waals surface area (Å²) in [5, 5.41) is 0. The maximum absolute atomic E-state index is 13.3. The highest BCUT2D eigenvalue weighted by Crippen LogP contribution is 2.41. The lowest BCUT2D eigenvalue weighted by molar-refractivity contribution is -0.139. The Morgan fingerprint density at radius 3 is 2.47 bits per heavy atom. The maximum Gasteiger partial charge on any atom is 0.228 e. The Morgan fingerprint density at radius 1 is 1.09 bits per heavy atom. The Hall–Kier alpha value is -3.35. The van der Waals surface area contributed by atoms with E-state index in [9.17, 15) is 14.4 Å². The van der Waals surface area contributed by atoms with Crippen LogP contribution in [0.15, 0.2) is 36.4 Å². The Kier molecular flexibility index (Phi) is 5.58. The molecule has 7 heteroatoms. The first-order valence-electron chi connectivity index (χ1n) is 11.9. The highest BCUT2D eigenvalue weighted by atomic mass is 16.5. The third-order valence-corrected chi connectivity index (χ3v) is 7.38. The number of likely N-dealkylation sites (tertiary alicyclic amines) is 1. The molecule has 5 rings (SSSR count). The molecule has 3 heterocycles. The number of Topliss-reactive ketones (excluding diaryl/α,β-unsaturated/α-hetero) is 1. The van der Waals surface area contributed by atoms with Crippen molar-refractivity contribution in [3.05, 3.63) is 53.1 Å². The molecule has 2 saturated heterocycles. The molecular weight excluding hydrogens is 432 g/mol. The van der Waals surface area contributed by atoms with Crippen LogP contribution in [0, 0.1) is 19.8 Å². The quantitative estimate of drug-likeness (QED) is 0.695. The van der Waals surface area contributed by atoms with Gasteiger partial charge in [-0.05, 0) is 55.3 Å². The van der Waals surface area contributed by atoms with Crippen molar-refractivity contribution < 1.29 is 23.9 Å². The van der Waals surface area contributed by atoms with Crippen LogP contribution in [0.1, 0.15) is 47.2 Å². The van der Waals surface area contributed by atoms with Gasteiger partial charge in [0.25, 0.3) is 0 Å². The molecule has 2 amide bonds. The fraction of sp³-hybridized carbons (Fsp3) is 0.444. The molecule has 34 heavy (non-hydrogen) atoms. The average molecular weight is 463 g/mol. The maximum atomic E-state index is 13.3. The minimum atomic E-state index is -0.554. The van der Waals surface area contributed by atoms with E-state index in [1.165, 1.54) is 0 Å². The Morgan fingerprint density at radius 2 is 1.79 bits per heavy atom. The molecule has 2 fully saturated rings. The van der Waals surface area contributed by atoms with E-state index in [0.717, 1.165) is 22.6 Å². The van der Waals surface area contributed by atoms with Gasteiger partial charge in [0.05, 0.1) is 25.0 Å². The topological polar surface area (TPSA) is 76.2 Å². The van der Waals surface area contributed by atoms with Gasteiger partial charge in [0.1, 0.15) is 17.1 Å². The lowest BCUT2D eigenvalue weighted by Gasteiger charge is -2.44. The largest absolute Gasteiger partial charge is 0.497 e. The molecule has 3 aliphatic heterocycles. The first-order valence-corrected chi connectivity index (χ1v) is 11.9. The molecule has 2 aromatic rings. The van der Waals surface area contributed by atoms with Crippen molar-refractivity contribution in [3.8, 4) is 11.5 Å². The molecule has 1 unspecified atom stereocenters. The second kappa shape index (κ2) is 8.46. The number of benzene rings is 2. The van der Waals surface area contributed by atoms with Gasteiger partial charge >= 0.3 is 0 Å². The van der Waals surface area contributed by atoms with Crippen LogP contribution in [0.3, 0.4) is 0 Å². The number of hydrogen-bond donors (Lipinski definition) is 0. The number of hydrogen-bond acceptors (Lipinski definition) is 5. The van der Waals surface area contributed by atoms with E-state index in [4.69, 9.17) is 9.47 Å². The fourth-order valence-electron chi connectivity index (χ4n) is 5.57. The zero-order chi connectivity index (χ0) is 24.0. The number of anilines is 1. The molecule has 3 aliphatic rings. The predicted molar refractivity (Wildman–Crippen MR) is 127 cm³/mol. The van der Waals surface area contributed by atoms with Gasteiger partial charge in [-0.15, -0.1) is 0 Å². The van der Waals surface area contributed by atoms with Gasteiger partial charge in [0.15, 0.2) is 5.78 Å². The van der Waals surface area contributed by atoms with Crippen LogP contribution in [-0.4, -0.2) is 54.8 Å². The predicted octanol–water partition coefficient (Wildman–Crippen LogP) is 3.69. The summed E-state index contributed by atoms with van der Waals surface area (Å²) >= 11 is 0. The van der Waals surface area contributed by atoms with E-state index in [1.807, 2.05) is 55.1 Å². The van der Waals surface area contributed by atoms with Crippen LogP contribution in [0.5, 0.6) is 11.5 Å². The lowest BCUT2D eigenvalue weighted by atomic mass is 9.81. The van der Waals surface area contributed by atoms with Gasteiger partial charge in [-0.3, -0.25) is 14.4 Å². The number of nitrogens with zero attached hydrogens (tertiary/aromatic N) is 2. The molecule has 1 spiro atoms. The van der Waals surface area contributed by atoms with Crippen LogP contribution >= 0.6 is 0 Å². The molecule has 178 valence electrons. The summed E-state index contributed by atoms with van der Waals surface area (Å²) in [5.41, 5.74) is 2.94. The number of aryl methyl sites for hydroxylation is 2. The Balaban J connectivity index is 1.24. The van der Waals surface area contributed by atoms with Crippen molar-refractivity contribution >= 4 is 23.3 Å². The van der Waals surface area contributed by atoms with Gasteiger partial charge in [-0.1, -0.05) is 6.07 Å². The van der Waals surface area contributed by atoms with E-state index in [1.54, 1.807) is 12.0 Å². The van der Waals surface area contributed by atoms with Gasteiger partial charge in [-0.2, -0.15) is 0 Å². The molecule has 0 bridgehead atoms. The van der Waals surface area contributed by atoms with Gasteiger partial charge in [-0.25, -0.2) is 0 Å². The summed E-state index contributed by atoms with van der Waals surface area (Å²) in [4.78, 5) is 42.4. The van der Waals surface area contributed by atoms with Crippen LogP contribution in [0.25, 0.3) is 0 Å². The third kappa shape index (κ3) is 3.93. The van der Waals surface area contributed by atoms with Gasteiger partial charge in [0, 0.05) is 44.6 Å². The van der Waals surface area contributed by atoms with Crippen LogP contribution in [-0.2, 0) is 9.59 Å². The SMILES string of the molecule is COc1ccc(N2CC(C(=O)N3CCC4(CC3)CC(=O)c3c(C)cc(C)cc3O4)CC2=O)cc1. The number of amides is 2. The van der Waals surface area contributed by atoms with Crippen molar-refractivity contribution in [2.24, 2.45) is 5.92 Å². The van der Waals surface area contributed by atoms with Crippen molar-refractivity contribution in [2.45, 2.75) is 45.1 Å². The summed E-state index contributed by atoms with van der Waals surface area (Å²) in [6.45, 7) is 5.39. The Bertz CT molecular complexity index is 1150. The number of rotatable bonds is 3. The van der Waals surface area contributed by atoms with Gasteiger partial charge in [0.2, 0.25) is 11.8 Å². The van der Waals surface area contributed by atoms with Gasteiger partial charge < -0.3 is 19.3 Å². The van der Waals surface area contributed by atoms with E-state index in [2.05, 4.69) is 0 Å². The zero-order valence-electron chi connectivity index (χ0n) is 19.9. The lowest BCUT2D eigenvalue weighted by Crippen LogP contribution is -2.53. The van der Waals surface area contributed by atoms with Crippen LogP contribution in [0.2, 0.25) is 0 Å². The number of carbonyl (C=O) groups is 3. The van der Waals surface area contributed by atoms with E-state index >= 15 is 0 Å². The highest BCUT2D eigenvalue weighted by Gasteiger charge is 2.46. The monoisotopic (exact) mass is 462 g/mol. The number of fused-ring (bicyclic) bond motifs is 1. The molecule has 0 aliphatic carbocycles. The summed E-state index contributed by atoms with van der Waals surface area (Å²) in [7, 11) is 1.60. The average Bonchev–Trinajstić information content (AvgIpc) is 3.20. The summed E-state index contributed by atoms with van der Waals surface area (Å²) in [6, 6.07) is 11.3. The van der Waals surface area contributed by atoms with E-state index in [0.29, 0.717) is 50.2 Å². The number of ether oxygens (including phenoxy) is 2. The van der Waals surface area contributed by atoms with E-state index in [-0.39, 0.29) is 29.9 Å². The highest BCUT2D eigenvalue weighted by molar-refractivity contribution is 6.02. The molecule has 1 atom stereocenters. The van der Waals surface area contributed by atoms with Crippen molar-refractivity contribution in [2.75, 3.05) is 31.6 Å². The van der Waals surface area contributed by atoms with Crippen molar-refractivity contribution in [1.29, 1.82) is 0 Å². The standard InChI is InChI=1S/C27H30N2O5/c1-17-12-18(2)25-22(30)15-27(34-23(25)13-17)8-10-28(11-9-27)26(32)19-14-24(31)29(16-19)20-4-6-21(33-3)7-5-20/h4-7,12-13,19H,8-11,14-16H2,1-3H3. The Labute approximate surface area is 199 Å². The first kappa shape index (κ1) is 22.4. The minimum absolute atomic E-state index is 0.00781. The molecule has 0 N–H and O–H groups in total. The second-order valence-corrected chi connectivity index (χ2v) is 9.77. The molecule has 0 aromatic heterocycles.